The fraction of sp³-hybridized carbons (Fsp3) is 0.950. The first kappa shape index (κ1) is 19.1. The lowest BCUT2D eigenvalue weighted by molar-refractivity contribution is -0.136. The van der Waals surface area contributed by atoms with Crippen molar-refractivity contribution in [1.29, 1.82) is 0 Å². The average molecular weight is 352 g/mol. The lowest BCUT2D eigenvalue weighted by atomic mass is 9.82. The molecule has 0 radical (unpaired) electrons. The predicted molar refractivity (Wildman–Crippen MR) is 101 cm³/mol. The van der Waals surface area contributed by atoms with Crippen molar-refractivity contribution in [1.82, 2.24) is 14.7 Å². The van der Waals surface area contributed by atoms with E-state index in [4.69, 9.17) is 4.74 Å². The molecule has 0 aromatic carbocycles. The van der Waals surface area contributed by atoms with E-state index >= 15 is 0 Å². The first-order valence-electron chi connectivity index (χ1n) is 10.3. The van der Waals surface area contributed by atoms with E-state index in [9.17, 15) is 4.79 Å². The van der Waals surface area contributed by atoms with Crippen LogP contribution in [0.5, 0.6) is 0 Å². The van der Waals surface area contributed by atoms with Gasteiger partial charge in [0.2, 0.25) is 5.91 Å². The third kappa shape index (κ3) is 4.95. The van der Waals surface area contributed by atoms with E-state index in [1.165, 1.54) is 12.8 Å². The van der Waals surface area contributed by atoms with Gasteiger partial charge in [-0.1, -0.05) is 6.92 Å². The fourth-order valence-electron chi connectivity index (χ4n) is 4.75. The number of morpholine rings is 1. The van der Waals surface area contributed by atoms with Crippen molar-refractivity contribution >= 4 is 5.91 Å². The largest absolute Gasteiger partial charge is 0.375 e. The highest BCUT2D eigenvalue weighted by Crippen LogP contribution is 2.31. The standard InChI is InChI=1S/C20H37N3O2/c1-16-4-6-17(7-5-16)20(24)23-10-8-18-19(9-11-23)25-15-14-22(18)13-12-21(2)3/h16-19H,4-15H2,1-3H3. The van der Waals surface area contributed by atoms with E-state index in [-0.39, 0.29) is 5.92 Å². The molecule has 2 atom stereocenters. The number of likely N-dealkylation sites (N-methyl/N-ethyl adjacent to an activating group) is 1. The molecular formula is C20H37N3O2. The predicted octanol–water partition coefficient (Wildman–Crippen LogP) is 2.07. The van der Waals surface area contributed by atoms with Crippen molar-refractivity contribution < 1.29 is 9.53 Å². The van der Waals surface area contributed by atoms with Crippen LogP contribution < -0.4 is 0 Å². The summed E-state index contributed by atoms with van der Waals surface area (Å²) in [5.74, 6) is 1.50. The van der Waals surface area contributed by atoms with Crippen LogP contribution in [0.25, 0.3) is 0 Å². The molecule has 3 aliphatic rings. The number of rotatable bonds is 4. The molecule has 0 spiro atoms. The van der Waals surface area contributed by atoms with Gasteiger partial charge in [-0.3, -0.25) is 9.69 Å². The fourth-order valence-corrected chi connectivity index (χ4v) is 4.75. The Bertz CT molecular complexity index is 435. The van der Waals surface area contributed by atoms with Crippen molar-refractivity contribution in [2.75, 3.05) is 53.4 Å². The van der Waals surface area contributed by atoms with Gasteiger partial charge in [-0.25, -0.2) is 0 Å². The van der Waals surface area contributed by atoms with Gasteiger partial charge in [0.15, 0.2) is 0 Å². The molecule has 5 heteroatoms. The van der Waals surface area contributed by atoms with Gasteiger partial charge in [0.25, 0.3) is 0 Å². The van der Waals surface area contributed by atoms with Gasteiger partial charge in [-0.05, 0) is 58.5 Å². The molecule has 2 aliphatic heterocycles. The zero-order valence-electron chi connectivity index (χ0n) is 16.5. The summed E-state index contributed by atoms with van der Waals surface area (Å²) in [6, 6.07) is 0.484. The molecule has 1 aliphatic carbocycles. The number of nitrogens with zero attached hydrogens (tertiary/aromatic N) is 3. The smallest absolute Gasteiger partial charge is 0.225 e. The maximum absolute atomic E-state index is 13.0. The van der Waals surface area contributed by atoms with Gasteiger partial charge in [0.05, 0.1) is 12.7 Å². The minimum Gasteiger partial charge on any atom is -0.375 e. The molecule has 1 amide bonds. The Labute approximate surface area is 153 Å². The van der Waals surface area contributed by atoms with Crippen molar-refractivity contribution in [3.05, 3.63) is 0 Å². The second kappa shape index (κ2) is 8.83. The summed E-state index contributed by atoms with van der Waals surface area (Å²) in [5, 5.41) is 0. The number of ether oxygens (including phenoxy) is 1. The molecule has 144 valence electrons. The van der Waals surface area contributed by atoms with E-state index in [1.807, 2.05) is 0 Å². The number of amides is 1. The molecule has 0 aromatic rings. The third-order valence-electron chi connectivity index (χ3n) is 6.50. The Morgan fingerprint density at radius 2 is 1.76 bits per heavy atom. The van der Waals surface area contributed by atoms with Gasteiger partial charge >= 0.3 is 0 Å². The maximum atomic E-state index is 13.0. The molecule has 5 nitrogen and oxygen atoms in total. The first-order chi connectivity index (χ1) is 12.0. The summed E-state index contributed by atoms with van der Waals surface area (Å²) >= 11 is 0. The van der Waals surface area contributed by atoms with Gasteiger partial charge in [-0.2, -0.15) is 0 Å². The van der Waals surface area contributed by atoms with Crippen LogP contribution in [0, 0.1) is 11.8 Å². The monoisotopic (exact) mass is 351 g/mol. The minimum absolute atomic E-state index is 0.280. The van der Waals surface area contributed by atoms with E-state index in [0.29, 0.717) is 18.1 Å². The summed E-state index contributed by atoms with van der Waals surface area (Å²) in [7, 11) is 4.27. The van der Waals surface area contributed by atoms with Crippen molar-refractivity contribution in [2.24, 2.45) is 11.8 Å². The zero-order chi connectivity index (χ0) is 17.8. The van der Waals surface area contributed by atoms with Crippen molar-refractivity contribution in [2.45, 2.75) is 57.6 Å². The molecule has 0 aromatic heterocycles. The topological polar surface area (TPSA) is 36.0 Å². The van der Waals surface area contributed by atoms with Crippen LogP contribution in [0.3, 0.4) is 0 Å². The maximum Gasteiger partial charge on any atom is 0.225 e. The minimum atomic E-state index is 0.280. The van der Waals surface area contributed by atoms with Gasteiger partial charge in [0.1, 0.15) is 0 Å². The van der Waals surface area contributed by atoms with E-state index in [1.54, 1.807) is 0 Å². The molecule has 2 unspecified atom stereocenters. The highest BCUT2D eigenvalue weighted by molar-refractivity contribution is 5.79. The Balaban J connectivity index is 1.56. The van der Waals surface area contributed by atoms with Gasteiger partial charge in [0, 0.05) is 44.7 Å². The Morgan fingerprint density at radius 1 is 1.04 bits per heavy atom. The number of hydrogen-bond donors (Lipinski definition) is 0. The molecule has 3 rings (SSSR count). The summed E-state index contributed by atoms with van der Waals surface area (Å²) in [4.78, 5) is 20.0. The van der Waals surface area contributed by atoms with Crippen LogP contribution >= 0.6 is 0 Å². The van der Waals surface area contributed by atoms with E-state index < -0.39 is 0 Å². The summed E-state index contributed by atoms with van der Waals surface area (Å²) < 4.78 is 6.09. The number of hydrogen-bond acceptors (Lipinski definition) is 4. The molecule has 2 saturated heterocycles. The van der Waals surface area contributed by atoms with Crippen LogP contribution in [0.15, 0.2) is 0 Å². The Kier molecular flexibility index (Phi) is 6.75. The van der Waals surface area contributed by atoms with Crippen LogP contribution in [0.4, 0.5) is 0 Å². The highest BCUT2D eigenvalue weighted by atomic mass is 16.5. The van der Waals surface area contributed by atoms with Crippen LogP contribution in [0.1, 0.15) is 45.4 Å². The third-order valence-corrected chi connectivity index (χ3v) is 6.50. The Hall–Kier alpha value is -0.650. The summed E-state index contributed by atoms with van der Waals surface area (Å²) in [6.45, 7) is 8.17. The first-order valence-corrected chi connectivity index (χ1v) is 10.3. The normalized spacial score (nSPS) is 34.6. The van der Waals surface area contributed by atoms with Gasteiger partial charge in [-0.15, -0.1) is 0 Å². The van der Waals surface area contributed by atoms with Crippen LogP contribution in [0.2, 0.25) is 0 Å². The number of carbonyl (C=O) groups is 1. The molecular weight excluding hydrogens is 314 g/mol. The lowest BCUT2D eigenvalue weighted by Gasteiger charge is -2.40. The summed E-state index contributed by atoms with van der Waals surface area (Å²) in [5.41, 5.74) is 0. The average Bonchev–Trinajstić information content (AvgIpc) is 2.83. The summed E-state index contributed by atoms with van der Waals surface area (Å²) in [6.07, 6.45) is 6.99. The Morgan fingerprint density at radius 3 is 2.48 bits per heavy atom. The molecule has 0 bridgehead atoms. The number of fused-ring (bicyclic) bond motifs is 1. The van der Waals surface area contributed by atoms with E-state index in [0.717, 1.165) is 70.9 Å². The van der Waals surface area contributed by atoms with Gasteiger partial charge < -0.3 is 14.5 Å². The lowest BCUT2D eigenvalue weighted by Crippen LogP contribution is -2.52. The van der Waals surface area contributed by atoms with Crippen molar-refractivity contribution in [3.63, 3.8) is 0 Å². The zero-order valence-corrected chi connectivity index (χ0v) is 16.5. The van der Waals surface area contributed by atoms with E-state index in [2.05, 4.69) is 35.7 Å². The molecule has 0 N–H and O–H groups in total. The van der Waals surface area contributed by atoms with Crippen LogP contribution in [-0.4, -0.2) is 86.2 Å². The number of likely N-dealkylation sites (tertiary alicyclic amines) is 1. The molecule has 2 heterocycles. The second-order valence-electron chi connectivity index (χ2n) is 8.68. The molecule has 25 heavy (non-hydrogen) atoms. The SMILES string of the molecule is CC1CCC(C(=O)N2CCC3OCCN(CCN(C)C)C3CC2)CC1. The highest BCUT2D eigenvalue weighted by Gasteiger charge is 2.37. The molecule has 3 fully saturated rings. The van der Waals surface area contributed by atoms with Crippen LogP contribution in [-0.2, 0) is 9.53 Å². The number of carbonyl (C=O) groups excluding carboxylic acids is 1. The quantitative estimate of drug-likeness (QED) is 0.777. The molecule has 1 saturated carbocycles. The van der Waals surface area contributed by atoms with Crippen molar-refractivity contribution in [3.8, 4) is 0 Å². The second-order valence-corrected chi connectivity index (χ2v) is 8.68.